The van der Waals surface area contributed by atoms with E-state index in [4.69, 9.17) is 9.88 Å². The normalized spacial score (nSPS) is 12.6. The molecule has 3 N–H and O–H groups in total. The summed E-state index contributed by atoms with van der Waals surface area (Å²) in [6, 6.07) is 15.0. The Labute approximate surface area is 190 Å². The lowest BCUT2D eigenvalue weighted by Crippen LogP contribution is -2.13. The van der Waals surface area contributed by atoms with Crippen molar-refractivity contribution in [2.24, 2.45) is 5.14 Å². The highest BCUT2D eigenvalue weighted by Gasteiger charge is 2.13. The lowest BCUT2D eigenvalue weighted by atomic mass is 10.2. The summed E-state index contributed by atoms with van der Waals surface area (Å²) < 4.78 is 31.6. The molecule has 2 aromatic carbocycles. The fraction of sp³-hybridized carbons (Fsp3) is 0.0870. The third-order valence-electron chi connectivity index (χ3n) is 4.41. The number of aromatic nitrogens is 4. The molecule has 0 aliphatic carbocycles. The van der Waals surface area contributed by atoms with Crippen molar-refractivity contribution in [3.05, 3.63) is 90.3 Å². The molecule has 0 saturated heterocycles. The van der Waals surface area contributed by atoms with Crippen LogP contribution in [0.5, 0.6) is 5.75 Å². The van der Waals surface area contributed by atoms with Gasteiger partial charge in [-0.15, -0.1) is 0 Å². The van der Waals surface area contributed by atoms with Crippen molar-refractivity contribution < 1.29 is 13.3 Å². The number of rotatable bonds is 7. The summed E-state index contributed by atoms with van der Waals surface area (Å²) in [7, 11) is -2.54. The molecule has 0 amide bonds. The van der Waals surface area contributed by atoms with Gasteiger partial charge in [0.25, 0.3) is 0 Å². The predicted molar refractivity (Wildman–Crippen MR) is 127 cm³/mol. The minimum Gasteiger partial charge on any atom is -0.488 e. The molecule has 0 aliphatic rings. The van der Waals surface area contributed by atoms with Gasteiger partial charge in [-0.05, 0) is 47.5 Å². The Kier molecular flexibility index (Phi) is 6.57. The van der Waals surface area contributed by atoms with Gasteiger partial charge in [-0.25, -0.2) is 14.4 Å². The van der Waals surface area contributed by atoms with Gasteiger partial charge in [-0.1, -0.05) is 12.1 Å². The van der Waals surface area contributed by atoms with E-state index in [0.29, 0.717) is 28.4 Å². The molecule has 0 fully saturated rings. The number of nitrogens with zero attached hydrogens (tertiary/aromatic N) is 4. The van der Waals surface area contributed by atoms with Gasteiger partial charge in [0.15, 0.2) is 5.82 Å². The number of nitrogens with two attached hydrogens (primary N) is 1. The van der Waals surface area contributed by atoms with Crippen molar-refractivity contribution in [1.82, 2.24) is 19.9 Å². The Bertz CT molecular complexity index is 1380. The minimum atomic E-state index is -2.54. The van der Waals surface area contributed by atoms with Crippen molar-refractivity contribution in [3.8, 4) is 17.1 Å². The lowest BCUT2D eigenvalue weighted by molar-refractivity contribution is 0.305. The zero-order valence-electron chi connectivity index (χ0n) is 17.7. The summed E-state index contributed by atoms with van der Waals surface area (Å²) in [6.45, 7) is 0.236. The second-order valence-corrected chi connectivity index (χ2v) is 9.42. The fourth-order valence-electron chi connectivity index (χ4n) is 3.02. The molecule has 4 rings (SSSR count). The molecule has 4 aromatic rings. The molecule has 8 nitrogen and oxygen atoms in total. The SMILES string of the molecule is CS(N)(=O)=Cc1cccc(Nc2ncnc(-c3ccc(F)cc3OCc3ccncc3)n2)c1. The van der Waals surface area contributed by atoms with Gasteiger partial charge in [0.05, 0.1) is 5.56 Å². The van der Waals surface area contributed by atoms with Gasteiger partial charge in [0, 0.05) is 45.5 Å². The van der Waals surface area contributed by atoms with E-state index in [1.165, 1.54) is 30.1 Å². The van der Waals surface area contributed by atoms with Crippen molar-refractivity contribution in [2.75, 3.05) is 11.6 Å². The second-order valence-electron chi connectivity index (χ2n) is 7.25. The first-order chi connectivity index (χ1) is 15.9. The van der Waals surface area contributed by atoms with Crippen LogP contribution in [0.4, 0.5) is 16.0 Å². The Morgan fingerprint density at radius 3 is 2.73 bits per heavy atom. The van der Waals surface area contributed by atoms with Crippen molar-refractivity contribution >= 4 is 26.7 Å². The smallest absolute Gasteiger partial charge is 0.230 e. The average molecular weight is 465 g/mol. The van der Waals surface area contributed by atoms with Crippen molar-refractivity contribution in [2.45, 2.75) is 6.61 Å². The van der Waals surface area contributed by atoms with Crippen LogP contribution in [0.15, 0.2) is 73.3 Å². The van der Waals surface area contributed by atoms with Crippen LogP contribution in [0, 0.1) is 5.82 Å². The number of hydrogen-bond donors (Lipinski definition) is 2. The van der Waals surface area contributed by atoms with E-state index in [1.54, 1.807) is 36.7 Å². The summed E-state index contributed by atoms with van der Waals surface area (Å²) in [5.74, 6) is 0.475. The van der Waals surface area contributed by atoms with Crippen LogP contribution >= 0.6 is 0 Å². The summed E-state index contributed by atoms with van der Waals surface area (Å²) in [5.41, 5.74) is 2.79. The van der Waals surface area contributed by atoms with Crippen LogP contribution in [-0.4, -0.2) is 35.8 Å². The van der Waals surface area contributed by atoms with Crippen LogP contribution < -0.4 is 15.2 Å². The Hall–Kier alpha value is -3.89. The highest BCUT2D eigenvalue weighted by Crippen LogP contribution is 2.29. The third-order valence-corrected chi connectivity index (χ3v) is 5.15. The van der Waals surface area contributed by atoms with Crippen molar-refractivity contribution in [3.63, 3.8) is 0 Å². The van der Waals surface area contributed by atoms with Gasteiger partial charge in [0.2, 0.25) is 5.95 Å². The van der Waals surface area contributed by atoms with Gasteiger partial charge < -0.3 is 10.1 Å². The molecule has 2 heterocycles. The topological polar surface area (TPSA) is 116 Å². The van der Waals surface area contributed by atoms with E-state index >= 15 is 0 Å². The van der Waals surface area contributed by atoms with E-state index in [9.17, 15) is 8.60 Å². The summed E-state index contributed by atoms with van der Waals surface area (Å²) in [5, 5.41) is 10.2. The molecule has 33 heavy (non-hydrogen) atoms. The molecular weight excluding hydrogens is 443 g/mol. The van der Waals surface area contributed by atoms with Crippen LogP contribution in [0.25, 0.3) is 11.4 Å². The van der Waals surface area contributed by atoms with Gasteiger partial charge >= 0.3 is 0 Å². The minimum absolute atomic E-state index is 0.236. The summed E-state index contributed by atoms with van der Waals surface area (Å²) in [6.07, 6.45) is 6.14. The number of halogens is 1. The lowest BCUT2D eigenvalue weighted by Gasteiger charge is -2.12. The first kappa shape index (κ1) is 22.3. The summed E-state index contributed by atoms with van der Waals surface area (Å²) in [4.78, 5) is 16.8. The average Bonchev–Trinajstić information content (AvgIpc) is 2.78. The zero-order valence-corrected chi connectivity index (χ0v) is 18.5. The number of pyridine rings is 1. The second kappa shape index (κ2) is 9.72. The molecule has 2 aromatic heterocycles. The molecule has 0 aliphatic heterocycles. The van der Waals surface area contributed by atoms with Gasteiger partial charge in [-0.2, -0.15) is 4.98 Å². The number of ether oxygens (including phenoxy) is 1. The summed E-state index contributed by atoms with van der Waals surface area (Å²) >= 11 is 0. The molecule has 0 spiro atoms. The predicted octanol–water partition coefficient (Wildman–Crippen LogP) is 3.33. The maximum absolute atomic E-state index is 13.9. The standard InChI is InChI=1S/C23H21FN6O2S/c1-33(25,31)14-17-3-2-4-19(11-17)29-23-28-15-27-22(30-23)20-6-5-18(24)12-21(20)32-13-16-7-9-26-10-8-16/h2-12,14-15H,13H2,1H3,(H2,25,31)(H,27,28,29,30). The third kappa shape index (κ3) is 6.31. The molecule has 168 valence electrons. The highest BCUT2D eigenvalue weighted by molar-refractivity contribution is 7.98. The molecule has 1 unspecified atom stereocenters. The first-order valence-electron chi connectivity index (χ1n) is 9.85. The largest absolute Gasteiger partial charge is 0.488 e. The van der Waals surface area contributed by atoms with E-state index in [-0.39, 0.29) is 12.6 Å². The maximum atomic E-state index is 13.9. The van der Waals surface area contributed by atoms with E-state index < -0.39 is 15.5 Å². The number of nitrogens with one attached hydrogen (secondary N) is 1. The Morgan fingerprint density at radius 1 is 1.12 bits per heavy atom. The Balaban J connectivity index is 1.59. The first-order valence-corrected chi connectivity index (χ1v) is 11.9. The number of hydrogen-bond acceptors (Lipinski definition) is 7. The Morgan fingerprint density at radius 2 is 1.94 bits per heavy atom. The van der Waals surface area contributed by atoms with E-state index in [2.05, 4.69) is 25.3 Å². The molecule has 1 atom stereocenters. The zero-order chi connectivity index (χ0) is 23.3. The quantitative estimate of drug-likeness (QED) is 0.403. The van der Waals surface area contributed by atoms with Crippen LogP contribution in [-0.2, 0) is 16.3 Å². The number of benzene rings is 2. The monoisotopic (exact) mass is 464 g/mol. The highest BCUT2D eigenvalue weighted by atomic mass is 32.2. The van der Waals surface area contributed by atoms with Gasteiger partial charge in [0.1, 0.15) is 24.5 Å². The molecule has 10 heteroatoms. The molecular formula is C23H21FN6O2S. The van der Waals surface area contributed by atoms with Crippen molar-refractivity contribution in [1.29, 1.82) is 0 Å². The molecule has 0 bridgehead atoms. The van der Waals surface area contributed by atoms with Crippen LogP contribution in [0.3, 0.4) is 0 Å². The van der Waals surface area contributed by atoms with Crippen LogP contribution in [0.2, 0.25) is 0 Å². The van der Waals surface area contributed by atoms with E-state index in [1.807, 2.05) is 18.2 Å². The van der Waals surface area contributed by atoms with Gasteiger partial charge in [-0.3, -0.25) is 14.3 Å². The van der Waals surface area contributed by atoms with E-state index in [0.717, 1.165) is 5.56 Å². The number of anilines is 2. The molecule has 0 radical (unpaired) electrons. The molecule has 0 saturated carbocycles. The maximum Gasteiger partial charge on any atom is 0.230 e. The van der Waals surface area contributed by atoms with Crippen LogP contribution in [0.1, 0.15) is 11.1 Å². The fourth-order valence-corrected chi connectivity index (χ4v) is 3.70.